The molecule has 3 fully saturated rings. The Hall–Kier alpha value is -5.59. The van der Waals surface area contributed by atoms with Crippen LogP contribution in [0.2, 0.25) is 0 Å². The van der Waals surface area contributed by atoms with E-state index in [9.17, 15) is 74.4 Å². The molecule has 4 heterocycles. The van der Waals surface area contributed by atoms with Crippen molar-refractivity contribution < 1.29 is 74.4 Å². The molecule has 0 aliphatic carbocycles. The van der Waals surface area contributed by atoms with Gasteiger partial charge in [-0.2, -0.15) is 0 Å². The molecule has 3 saturated heterocycles. The summed E-state index contributed by atoms with van der Waals surface area (Å²) in [6.45, 7) is 6.75. The van der Waals surface area contributed by atoms with E-state index in [4.69, 9.17) is 5.73 Å². The SMILES string of the molecule is CCC(C)CC(C)CCCCCCCCC(=O)NC1C[C@@H](O)C(Sc2nnnn2C)NC(=O)[C@@H]2[C@@H](O)CCN2C(=O)C([C@H](O)CCN)NC(=O)[C@H]([C@H](O)[C@@H](O)c2ccc(O)cc2)NC(=O)C2C[C@@H](O)CN2C(=O)C([C@@H](C)O)NC1=O. The van der Waals surface area contributed by atoms with E-state index in [0.29, 0.717) is 36.4 Å². The third kappa shape index (κ3) is 18.0. The van der Waals surface area contributed by atoms with Crippen LogP contribution in [0.1, 0.15) is 129 Å². The monoisotopic (exact) mass is 1150 g/mol. The maximum atomic E-state index is 14.7. The quantitative estimate of drug-likeness (QED) is 0.0540. The van der Waals surface area contributed by atoms with Crippen LogP contribution in [0.15, 0.2) is 29.4 Å². The molecular formula is C52H84N12O15S. The molecule has 0 bridgehead atoms. The highest BCUT2D eigenvalue weighted by molar-refractivity contribution is 7.99. The van der Waals surface area contributed by atoms with Gasteiger partial charge in [-0.15, -0.1) is 5.10 Å². The minimum Gasteiger partial charge on any atom is -0.508 e. The summed E-state index contributed by atoms with van der Waals surface area (Å²) in [4.78, 5) is 103. The van der Waals surface area contributed by atoms with E-state index in [1.807, 2.05) is 0 Å². The van der Waals surface area contributed by atoms with Gasteiger partial charge in [-0.25, -0.2) is 4.68 Å². The smallest absolute Gasteiger partial charge is 0.248 e. The van der Waals surface area contributed by atoms with Crippen molar-refractivity contribution in [1.82, 2.24) is 56.6 Å². The van der Waals surface area contributed by atoms with Gasteiger partial charge in [0.25, 0.3) is 0 Å². The molecule has 1 aromatic heterocycles. The Bertz CT molecular complexity index is 2370. The van der Waals surface area contributed by atoms with Gasteiger partial charge in [-0.05, 0) is 79.1 Å². The summed E-state index contributed by atoms with van der Waals surface area (Å²) in [7, 11) is 1.46. The molecule has 448 valence electrons. The van der Waals surface area contributed by atoms with E-state index in [-0.39, 0.29) is 48.8 Å². The first-order valence-corrected chi connectivity index (χ1v) is 28.6. The highest BCUT2D eigenvalue weighted by Crippen LogP contribution is 2.29. The van der Waals surface area contributed by atoms with Crippen LogP contribution in [0, 0.1) is 11.8 Å². The van der Waals surface area contributed by atoms with Crippen molar-refractivity contribution in [1.29, 1.82) is 0 Å². The van der Waals surface area contributed by atoms with Crippen molar-refractivity contribution in [3.05, 3.63) is 29.8 Å². The van der Waals surface area contributed by atoms with Gasteiger partial charge in [0.05, 0.1) is 30.5 Å². The molecule has 15 N–H and O–H groups in total. The molecule has 5 rings (SSSR count). The zero-order valence-electron chi connectivity index (χ0n) is 46.2. The van der Waals surface area contributed by atoms with Gasteiger partial charge in [0.2, 0.25) is 46.5 Å². The number of thioether (sulfide) groups is 1. The Kier molecular flexibility index (Phi) is 25.3. The van der Waals surface area contributed by atoms with Gasteiger partial charge >= 0.3 is 0 Å². The van der Waals surface area contributed by atoms with E-state index < -0.39 is 145 Å². The minimum absolute atomic E-state index is 0.0237. The lowest BCUT2D eigenvalue weighted by Gasteiger charge is -2.34. The lowest BCUT2D eigenvalue weighted by Crippen LogP contribution is -2.64. The first-order valence-electron chi connectivity index (χ1n) is 27.7. The Labute approximate surface area is 469 Å². The fourth-order valence-corrected chi connectivity index (χ4v) is 11.3. The molecule has 0 radical (unpaired) electrons. The van der Waals surface area contributed by atoms with Crippen LogP contribution in [0.3, 0.4) is 0 Å². The average Bonchev–Trinajstić information content (AvgIpc) is 4.23. The first kappa shape index (κ1) is 65.2. The summed E-state index contributed by atoms with van der Waals surface area (Å²) in [5.41, 5.74) is 5.71. The summed E-state index contributed by atoms with van der Waals surface area (Å²) < 4.78 is 1.20. The summed E-state index contributed by atoms with van der Waals surface area (Å²) >= 11 is 0.696. The Morgan fingerprint density at radius 1 is 0.775 bits per heavy atom. The second-order valence-electron chi connectivity index (χ2n) is 21.7. The van der Waals surface area contributed by atoms with E-state index in [1.165, 1.54) is 42.4 Å². The predicted molar refractivity (Wildman–Crippen MR) is 288 cm³/mol. The number of fused-ring (bicyclic) bond motifs is 2. The number of aromatic hydroxyl groups is 1. The zero-order valence-corrected chi connectivity index (χ0v) is 47.0. The lowest BCUT2D eigenvalue weighted by atomic mass is 9.91. The molecule has 1 aromatic carbocycles. The second-order valence-corrected chi connectivity index (χ2v) is 22.8. The van der Waals surface area contributed by atoms with Gasteiger partial charge in [0.1, 0.15) is 59.6 Å². The molecule has 0 saturated carbocycles. The van der Waals surface area contributed by atoms with Gasteiger partial charge in [-0.1, -0.05) is 89.6 Å². The molecule has 7 unspecified atom stereocenters. The molecule has 7 amide bonds. The molecule has 2 aromatic rings. The number of tetrazole rings is 1. The van der Waals surface area contributed by atoms with E-state index in [2.05, 4.69) is 62.9 Å². The second kappa shape index (κ2) is 31.0. The number of phenols is 1. The maximum Gasteiger partial charge on any atom is 0.248 e. The molecular weight excluding hydrogens is 1060 g/mol. The molecule has 27 nitrogen and oxygen atoms in total. The Morgan fingerprint density at radius 3 is 2.05 bits per heavy atom. The number of aromatic nitrogens is 4. The van der Waals surface area contributed by atoms with Crippen molar-refractivity contribution >= 4 is 53.1 Å². The topological polar surface area (TPSA) is 418 Å². The number of nitrogens with zero attached hydrogens (tertiary/aromatic N) is 6. The standard InChI is InChI=1S/C52H84N12O15S/c1-6-27(2)23-28(3)13-11-9-7-8-10-12-14-38(71)54-33-25-37(70)49(80-52-59-60-61-62(52)5)58-48(77)42-36(69)20-22-63(42)51(79)40(35(68)19-21-53)56-47(76)41(44(73)43(72)30-15-17-31(66)18-16-30)57-46(75)34-24-32(67)26-64(34)50(78)39(29(4)65)55-45(33)74/h15-18,27-29,32-37,39-44,49,65-70,72-73H,6-14,19-26,53H2,1-5H3,(H,54,71)(H,55,74)(H,56,76)(H,57,75)(H,58,77)/t27?,28?,29-,32-,33?,34?,35-,36+,37-,39?,40?,41+,42+,43+,44+,49?/m1/s1. The highest BCUT2D eigenvalue weighted by Gasteiger charge is 2.49. The first-order chi connectivity index (χ1) is 37.9. The van der Waals surface area contributed by atoms with Gasteiger partial charge in [0.15, 0.2) is 0 Å². The van der Waals surface area contributed by atoms with Gasteiger partial charge in [-0.3, -0.25) is 33.6 Å². The normalized spacial score (nSPS) is 28.0. The number of hydrogen-bond donors (Lipinski definition) is 14. The van der Waals surface area contributed by atoms with Crippen LogP contribution in [0.5, 0.6) is 5.75 Å². The number of aliphatic hydroxyl groups excluding tert-OH is 7. The molecule has 16 atom stereocenters. The number of benzene rings is 1. The Balaban J connectivity index is 1.52. The van der Waals surface area contributed by atoms with Crippen molar-refractivity contribution in [3.8, 4) is 5.75 Å². The number of phenolic OH excluding ortho intramolecular Hbond substituents is 1. The number of rotatable bonds is 22. The number of hydrogen-bond acceptors (Lipinski definition) is 20. The van der Waals surface area contributed by atoms with Crippen LogP contribution in [0.25, 0.3) is 0 Å². The van der Waals surface area contributed by atoms with E-state index in [1.54, 1.807) is 0 Å². The van der Waals surface area contributed by atoms with E-state index in [0.717, 1.165) is 55.2 Å². The van der Waals surface area contributed by atoms with Crippen molar-refractivity contribution in [2.45, 2.75) is 207 Å². The van der Waals surface area contributed by atoms with Gasteiger partial charge in [0, 0.05) is 39.4 Å². The number of aryl methyl sites for hydroxylation is 1. The number of nitrogens with one attached hydrogen (secondary N) is 5. The fraction of sp³-hybridized carbons (Fsp3) is 0.731. The predicted octanol–water partition coefficient (Wildman–Crippen LogP) is -2.54. The van der Waals surface area contributed by atoms with Crippen molar-refractivity contribution in [2.24, 2.45) is 24.6 Å². The van der Waals surface area contributed by atoms with Crippen LogP contribution in [-0.2, 0) is 40.6 Å². The lowest BCUT2D eigenvalue weighted by molar-refractivity contribution is -0.148. The van der Waals surface area contributed by atoms with Crippen LogP contribution in [0.4, 0.5) is 0 Å². The third-order valence-corrected chi connectivity index (χ3v) is 16.4. The number of carbonyl (C=O) groups is 7. The molecule has 3 aliphatic heterocycles. The maximum absolute atomic E-state index is 14.7. The van der Waals surface area contributed by atoms with Crippen LogP contribution in [-0.4, -0.2) is 210 Å². The number of amides is 7. The summed E-state index contributed by atoms with van der Waals surface area (Å²) in [6, 6.07) is -6.57. The van der Waals surface area contributed by atoms with Crippen molar-refractivity contribution in [3.63, 3.8) is 0 Å². The minimum atomic E-state index is -2.29. The number of carbonyl (C=O) groups excluding carboxylic acids is 7. The highest BCUT2D eigenvalue weighted by atomic mass is 32.2. The van der Waals surface area contributed by atoms with Crippen LogP contribution >= 0.6 is 11.8 Å². The summed E-state index contributed by atoms with van der Waals surface area (Å²) in [6.07, 6.45) is -5.83. The van der Waals surface area contributed by atoms with Gasteiger partial charge < -0.3 is 83.0 Å². The van der Waals surface area contributed by atoms with E-state index >= 15 is 0 Å². The zero-order chi connectivity index (χ0) is 59.0. The number of unbranched alkanes of at least 4 members (excludes halogenated alkanes) is 5. The number of nitrogens with two attached hydrogens (primary N) is 1. The molecule has 0 spiro atoms. The summed E-state index contributed by atoms with van der Waals surface area (Å²) in [5, 5.41) is 112. The van der Waals surface area contributed by atoms with Crippen LogP contribution < -0.4 is 32.3 Å². The number of aliphatic hydroxyl groups is 7. The largest absolute Gasteiger partial charge is 0.508 e. The third-order valence-electron chi connectivity index (χ3n) is 15.1. The molecule has 3 aliphatic rings. The molecule has 28 heteroatoms. The average molecular weight is 1150 g/mol. The summed E-state index contributed by atoms with van der Waals surface area (Å²) in [5.74, 6) is -6.58. The van der Waals surface area contributed by atoms with Crippen molar-refractivity contribution in [2.75, 3.05) is 19.6 Å². The molecule has 80 heavy (non-hydrogen) atoms. The Morgan fingerprint density at radius 2 is 1.41 bits per heavy atom. The fourth-order valence-electron chi connectivity index (χ4n) is 10.3.